The molecule has 0 aliphatic carbocycles. The average molecular weight is 628 g/mol. The zero-order valence-corrected chi connectivity index (χ0v) is 26.5. The summed E-state index contributed by atoms with van der Waals surface area (Å²) in [4.78, 5) is 19.5. The van der Waals surface area contributed by atoms with Gasteiger partial charge in [-0.25, -0.2) is 15.0 Å². The molecule has 5 heteroatoms. The molecule has 49 heavy (non-hydrogen) atoms. The Morgan fingerprint density at radius 1 is 0.347 bits per heavy atom. The van der Waals surface area contributed by atoms with Crippen molar-refractivity contribution in [2.45, 2.75) is 0 Å². The van der Waals surface area contributed by atoms with Crippen molar-refractivity contribution < 1.29 is 0 Å². The van der Waals surface area contributed by atoms with E-state index in [1.54, 1.807) is 0 Å². The standard InChI is InChI=1S/C44H29N5/c1-4-13-30(14-5-1)33-19-12-20-34(27-33)35-23-25-38-37-21-10-11-22-40(37)49(41(38)28-35)36-24-26-39(45-29-36)44-47-42(31-15-6-2-7-16-31)46-43(48-44)32-17-8-3-9-18-32/h1-29H. The monoisotopic (exact) mass is 627 g/mol. The van der Waals surface area contributed by atoms with Crippen LogP contribution in [0, 0.1) is 0 Å². The van der Waals surface area contributed by atoms with E-state index >= 15 is 0 Å². The Kier molecular flexibility index (Phi) is 7.06. The van der Waals surface area contributed by atoms with Gasteiger partial charge in [-0.1, -0.05) is 140 Å². The van der Waals surface area contributed by atoms with Crippen molar-refractivity contribution >= 4 is 21.8 Å². The smallest absolute Gasteiger partial charge is 0.182 e. The maximum absolute atomic E-state index is 4.94. The number of rotatable bonds is 6. The van der Waals surface area contributed by atoms with Crippen LogP contribution in [0.2, 0.25) is 0 Å². The van der Waals surface area contributed by atoms with Gasteiger partial charge in [-0.05, 0) is 52.6 Å². The van der Waals surface area contributed by atoms with Crippen LogP contribution in [0.25, 0.3) is 84.0 Å². The fourth-order valence-corrected chi connectivity index (χ4v) is 6.51. The number of fused-ring (bicyclic) bond motifs is 3. The third-order valence-corrected chi connectivity index (χ3v) is 8.91. The molecule has 0 atom stereocenters. The van der Waals surface area contributed by atoms with Crippen LogP contribution >= 0.6 is 0 Å². The average Bonchev–Trinajstić information content (AvgIpc) is 3.52. The molecule has 0 amide bonds. The molecule has 0 spiro atoms. The lowest BCUT2D eigenvalue weighted by molar-refractivity contribution is 1.05. The summed E-state index contributed by atoms with van der Waals surface area (Å²) in [6, 6.07) is 58.7. The molecule has 3 aromatic heterocycles. The predicted octanol–water partition coefficient (Wildman–Crippen LogP) is 10.7. The lowest BCUT2D eigenvalue weighted by Crippen LogP contribution is -2.02. The fraction of sp³-hybridized carbons (Fsp3) is 0. The van der Waals surface area contributed by atoms with Gasteiger partial charge in [0.25, 0.3) is 0 Å². The Morgan fingerprint density at radius 3 is 1.53 bits per heavy atom. The number of para-hydroxylation sites is 1. The number of hydrogen-bond acceptors (Lipinski definition) is 4. The van der Waals surface area contributed by atoms with Gasteiger partial charge < -0.3 is 4.57 Å². The van der Waals surface area contributed by atoms with E-state index in [4.69, 9.17) is 19.9 Å². The SMILES string of the molecule is c1ccc(-c2cccc(-c3ccc4c5ccccc5n(-c5ccc(-c6nc(-c7ccccc7)nc(-c7ccccc7)n6)nc5)c4c3)c2)cc1. The maximum atomic E-state index is 4.94. The van der Waals surface area contributed by atoms with Crippen molar-refractivity contribution in [1.82, 2.24) is 24.5 Å². The summed E-state index contributed by atoms with van der Waals surface area (Å²) in [5, 5.41) is 2.39. The van der Waals surface area contributed by atoms with Gasteiger partial charge in [-0.3, -0.25) is 4.98 Å². The molecule has 0 fully saturated rings. The molecule has 0 saturated heterocycles. The molecular weight excluding hydrogens is 599 g/mol. The van der Waals surface area contributed by atoms with Crippen LogP contribution in [0.15, 0.2) is 176 Å². The largest absolute Gasteiger partial charge is 0.308 e. The van der Waals surface area contributed by atoms with E-state index in [0.29, 0.717) is 23.2 Å². The maximum Gasteiger partial charge on any atom is 0.182 e. The van der Waals surface area contributed by atoms with Crippen molar-refractivity contribution in [2.24, 2.45) is 0 Å². The third-order valence-electron chi connectivity index (χ3n) is 8.91. The first-order valence-corrected chi connectivity index (χ1v) is 16.3. The van der Waals surface area contributed by atoms with Gasteiger partial charge in [0, 0.05) is 21.9 Å². The highest BCUT2D eigenvalue weighted by atomic mass is 15.1. The molecule has 5 nitrogen and oxygen atoms in total. The minimum atomic E-state index is 0.530. The number of aromatic nitrogens is 5. The van der Waals surface area contributed by atoms with Crippen LogP contribution in [-0.4, -0.2) is 24.5 Å². The quantitative estimate of drug-likeness (QED) is 0.184. The summed E-state index contributed by atoms with van der Waals surface area (Å²) in [5.74, 6) is 1.75. The summed E-state index contributed by atoms with van der Waals surface area (Å²) in [6.45, 7) is 0. The van der Waals surface area contributed by atoms with Gasteiger partial charge in [0.05, 0.1) is 22.9 Å². The zero-order chi connectivity index (χ0) is 32.6. The summed E-state index contributed by atoms with van der Waals surface area (Å²) >= 11 is 0. The summed E-state index contributed by atoms with van der Waals surface area (Å²) in [6.07, 6.45) is 1.91. The molecule has 6 aromatic carbocycles. The molecular formula is C44H29N5. The van der Waals surface area contributed by atoms with Crippen molar-refractivity contribution in [2.75, 3.05) is 0 Å². The number of pyridine rings is 1. The van der Waals surface area contributed by atoms with Crippen LogP contribution in [-0.2, 0) is 0 Å². The van der Waals surface area contributed by atoms with Gasteiger partial charge in [0.1, 0.15) is 5.69 Å². The summed E-state index contributed by atoms with van der Waals surface area (Å²) in [5.41, 5.74) is 10.5. The molecule has 0 radical (unpaired) electrons. The highest BCUT2D eigenvalue weighted by molar-refractivity contribution is 6.10. The van der Waals surface area contributed by atoms with Crippen LogP contribution < -0.4 is 0 Å². The fourth-order valence-electron chi connectivity index (χ4n) is 6.51. The van der Waals surface area contributed by atoms with E-state index in [-0.39, 0.29) is 0 Å². The molecule has 0 aliphatic heterocycles. The van der Waals surface area contributed by atoms with E-state index in [0.717, 1.165) is 33.4 Å². The molecule has 9 rings (SSSR count). The lowest BCUT2D eigenvalue weighted by atomic mass is 9.98. The molecule has 0 saturated carbocycles. The topological polar surface area (TPSA) is 56.5 Å². The Labute approximate surface area is 283 Å². The van der Waals surface area contributed by atoms with Crippen molar-refractivity contribution in [1.29, 1.82) is 0 Å². The Hall–Kier alpha value is -6.72. The van der Waals surface area contributed by atoms with Crippen molar-refractivity contribution in [3.05, 3.63) is 176 Å². The molecule has 0 bridgehead atoms. The Bertz CT molecular complexity index is 2520. The van der Waals surface area contributed by atoms with Crippen molar-refractivity contribution in [3.8, 4) is 62.2 Å². The summed E-state index contributed by atoms with van der Waals surface area (Å²) < 4.78 is 2.30. The minimum absolute atomic E-state index is 0.530. The minimum Gasteiger partial charge on any atom is -0.308 e. The predicted molar refractivity (Wildman–Crippen MR) is 199 cm³/mol. The first-order valence-electron chi connectivity index (χ1n) is 16.3. The number of nitrogens with zero attached hydrogens (tertiary/aromatic N) is 5. The molecule has 9 aromatic rings. The van der Waals surface area contributed by atoms with Crippen LogP contribution in [0.5, 0.6) is 0 Å². The lowest BCUT2D eigenvalue weighted by Gasteiger charge is -2.11. The highest BCUT2D eigenvalue weighted by Gasteiger charge is 2.16. The van der Waals surface area contributed by atoms with E-state index in [2.05, 4.69) is 108 Å². The van der Waals surface area contributed by atoms with E-state index < -0.39 is 0 Å². The molecule has 230 valence electrons. The van der Waals surface area contributed by atoms with Crippen molar-refractivity contribution in [3.63, 3.8) is 0 Å². The first kappa shape index (κ1) is 28.5. The van der Waals surface area contributed by atoms with E-state index in [1.165, 1.54) is 27.5 Å². The van der Waals surface area contributed by atoms with Gasteiger partial charge in [-0.15, -0.1) is 0 Å². The van der Waals surface area contributed by atoms with E-state index in [9.17, 15) is 0 Å². The van der Waals surface area contributed by atoms with Crippen LogP contribution in [0.4, 0.5) is 0 Å². The normalized spacial score (nSPS) is 11.3. The molecule has 3 heterocycles. The summed E-state index contributed by atoms with van der Waals surface area (Å²) in [7, 11) is 0. The zero-order valence-electron chi connectivity index (χ0n) is 26.5. The van der Waals surface area contributed by atoms with Gasteiger partial charge in [-0.2, -0.15) is 0 Å². The van der Waals surface area contributed by atoms with Crippen LogP contribution in [0.1, 0.15) is 0 Å². The second-order valence-electron chi connectivity index (χ2n) is 12.0. The Balaban J connectivity index is 1.15. The highest BCUT2D eigenvalue weighted by Crippen LogP contribution is 2.36. The van der Waals surface area contributed by atoms with E-state index in [1.807, 2.05) is 72.9 Å². The number of hydrogen-bond donors (Lipinski definition) is 0. The Morgan fingerprint density at radius 2 is 0.878 bits per heavy atom. The second kappa shape index (κ2) is 12.1. The molecule has 0 unspecified atom stereocenters. The van der Waals surface area contributed by atoms with Crippen LogP contribution in [0.3, 0.4) is 0 Å². The molecule has 0 aliphatic rings. The second-order valence-corrected chi connectivity index (χ2v) is 12.0. The van der Waals surface area contributed by atoms with Gasteiger partial charge >= 0.3 is 0 Å². The van der Waals surface area contributed by atoms with Gasteiger partial charge in [0.15, 0.2) is 17.5 Å². The third kappa shape index (κ3) is 5.33. The van der Waals surface area contributed by atoms with Gasteiger partial charge in [0.2, 0.25) is 0 Å². The molecule has 0 N–H and O–H groups in total. The first-order chi connectivity index (χ1) is 24.3. The number of benzene rings is 6.